The zero-order chi connectivity index (χ0) is 17.7. The van der Waals surface area contributed by atoms with Gasteiger partial charge in [-0.2, -0.15) is 0 Å². The van der Waals surface area contributed by atoms with Crippen molar-refractivity contribution in [2.45, 2.75) is 13.0 Å². The highest BCUT2D eigenvalue weighted by Gasteiger charge is 2.11. The second-order valence-electron chi connectivity index (χ2n) is 5.17. The fourth-order valence-electron chi connectivity index (χ4n) is 2.09. The van der Waals surface area contributed by atoms with Gasteiger partial charge in [0.2, 0.25) is 5.91 Å². The number of nitrogens with one attached hydrogen (secondary N) is 2. The monoisotopic (exact) mass is 398 g/mol. The zero-order valence-electron chi connectivity index (χ0n) is 13.2. The Balaban J connectivity index is 1.90. The maximum atomic E-state index is 13.1. The number of methoxy groups -OCH3 is 1. The Hall–Kier alpha value is -1.99. The molecule has 1 unspecified atom stereocenters. The Morgan fingerprint density at radius 2 is 1.96 bits per heavy atom. The lowest BCUT2D eigenvalue weighted by atomic mass is 10.1. The first-order valence-corrected chi connectivity index (χ1v) is 8.01. The normalized spacial score (nSPS) is 11.9. The molecule has 24 heavy (non-hydrogen) atoms. The van der Waals surface area contributed by atoms with Crippen LogP contribution in [0, 0.1) is 11.6 Å². The predicted molar refractivity (Wildman–Crippen MR) is 92.1 cm³/mol. The molecule has 0 radical (unpaired) electrons. The Bertz CT molecular complexity index is 741. The van der Waals surface area contributed by atoms with Gasteiger partial charge in [-0.15, -0.1) is 0 Å². The van der Waals surface area contributed by atoms with Crippen molar-refractivity contribution in [2.75, 3.05) is 19.0 Å². The third kappa shape index (κ3) is 4.75. The van der Waals surface area contributed by atoms with Crippen LogP contribution in [0.1, 0.15) is 18.5 Å². The first kappa shape index (κ1) is 18.4. The molecule has 0 aliphatic heterocycles. The summed E-state index contributed by atoms with van der Waals surface area (Å²) >= 11 is 3.41. The maximum Gasteiger partial charge on any atom is 0.238 e. The molecule has 0 fully saturated rings. The summed E-state index contributed by atoms with van der Waals surface area (Å²) in [5, 5.41) is 5.58. The predicted octanol–water partition coefficient (Wildman–Crippen LogP) is 4.03. The quantitative estimate of drug-likeness (QED) is 0.772. The molecule has 1 atom stereocenters. The summed E-state index contributed by atoms with van der Waals surface area (Å²) in [6, 6.07) is 8.77. The van der Waals surface area contributed by atoms with Gasteiger partial charge in [0.1, 0.15) is 5.75 Å². The largest absolute Gasteiger partial charge is 0.496 e. The van der Waals surface area contributed by atoms with Crippen LogP contribution in [0.2, 0.25) is 0 Å². The minimum absolute atomic E-state index is 0.0316. The molecular weight excluding hydrogens is 382 g/mol. The molecule has 2 aromatic carbocycles. The molecule has 0 heterocycles. The first-order valence-electron chi connectivity index (χ1n) is 7.22. The smallest absolute Gasteiger partial charge is 0.238 e. The van der Waals surface area contributed by atoms with E-state index in [2.05, 4.69) is 26.6 Å². The highest BCUT2D eigenvalue weighted by molar-refractivity contribution is 9.10. The van der Waals surface area contributed by atoms with Crippen molar-refractivity contribution in [1.82, 2.24) is 5.32 Å². The van der Waals surface area contributed by atoms with Gasteiger partial charge in [-0.3, -0.25) is 4.79 Å². The fourth-order valence-corrected chi connectivity index (χ4v) is 2.65. The van der Waals surface area contributed by atoms with Gasteiger partial charge in [0.05, 0.1) is 18.1 Å². The van der Waals surface area contributed by atoms with E-state index in [0.717, 1.165) is 27.9 Å². The molecular formula is C17H17BrF2N2O2. The molecule has 0 aliphatic carbocycles. The lowest BCUT2D eigenvalue weighted by Crippen LogP contribution is -2.30. The average Bonchev–Trinajstić information content (AvgIpc) is 2.56. The van der Waals surface area contributed by atoms with Gasteiger partial charge < -0.3 is 15.4 Å². The number of carbonyl (C=O) groups excluding carboxylic acids is 1. The van der Waals surface area contributed by atoms with Crippen LogP contribution in [-0.4, -0.2) is 19.6 Å². The third-order valence-corrected chi connectivity index (χ3v) is 4.07. The van der Waals surface area contributed by atoms with Gasteiger partial charge in [-0.05, 0) is 52.7 Å². The molecule has 2 aromatic rings. The van der Waals surface area contributed by atoms with Crippen LogP contribution in [0.15, 0.2) is 40.9 Å². The number of hydrogen-bond acceptors (Lipinski definition) is 3. The summed E-state index contributed by atoms with van der Waals surface area (Å²) in [5.41, 5.74) is 1.18. The van der Waals surface area contributed by atoms with E-state index in [1.54, 1.807) is 7.11 Å². The number of amides is 1. The van der Waals surface area contributed by atoms with E-state index >= 15 is 0 Å². The molecule has 0 saturated heterocycles. The van der Waals surface area contributed by atoms with E-state index in [1.807, 2.05) is 25.1 Å². The fraction of sp³-hybridized carbons (Fsp3) is 0.235. The Labute approximate surface area is 147 Å². The lowest BCUT2D eigenvalue weighted by molar-refractivity contribution is -0.115. The lowest BCUT2D eigenvalue weighted by Gasteiger charge is -2.15. The van der Waals surface area contributed by atoms with Crippen molar-refractivity contribution in [3.63, 3.8) is 0 Å². The van der Waals surface area contributed by atoms with E-state index in [0.29, 0.717) is 0 Å². The minimum Gasteiger partial charge on any atom is -0.496 e. The van der Waals surface area contributed by atoms with Crippen molar-refractivity contribution < 1.29 is 18.3 Å². The number of ether oxygens (including phenoxy) is 1. The molecule has 4 nitrogen and oxygen atoms in total. The molecule has 0 bridgehead atoms. The van der Waals surface area contributed by atoms with Gasteiger partial charge in [0.15, 0.2) is 11.6 Å². The number of halogens is 3. The minimum atomic E-state index is -1.00. The van der Waals surface area contributed by atoms with Gasteiger partial charge >= 0.3 is 0 Å². The Morgan fingerprint density at radius 1 is 1.21 bits per heavy atom. The maximum absolute atomic E-state index is 13.1. The van der Waals surface area contributed by atoms with Crippen LogP contribution < -0.4 is 15.4 Å². The number of anilines is 1. The third-order valence-electron chi connectivity index (χ3n) is 3.45. The molecule has 1 amide bonds. The molecule has 0 aliphatic rings. The van der Waals surface area contributed by atoms with E-state index in [9.17, 15) is 13.6 Å². The summed E-state index contributed by atoms with van der Waals surface area (Å²) in [5.74, 6) is -1.58. The van der Waals surface area contributed by atoms with Gasteiger partial charge in [0, 0.05) is 17.8 Å². The summed E-state index contributed by atoms with van der Waals surface area (Å²) in [4.78, 5) is 11.9. The Kier molecular flexibility index (Phi) is 6.28. The standard InChI is InChI=1S/C17H17BrF2N2O2/c1-10(11-3-6-16(24-2)13(18)7-11)21-9-17(23)22-12-4-5-14(19)15(20)8-12/h3-8,10,21H,9H2,1-2H3,(H,22,23). The highest BCUT2D eigenvalue weighted by Crippen LogP contribution is 2.27. The molecule has 0 saturated carbocycles. The first-order chi connectivity index (χ1) is 11.4. The molecule has 2 N–H and O–H groups in total. The van der Waals surface area contributed by atoms with Crippen LogP contribution in [0.25, 0.3) is 0 Å². The van der Waals surface area contributed by atoms with E-state index in [4.69, 9.17) is 4.74 Å². The van der Waals surface area contributed by atoms with Crippen molar-refractivity contribution in [1.29, 1.82) is 0 Å². The highest BCUT2D eigenvalue weighted by atomic mass is 79.9. The van der Waals surface area contributed by atoms with Crippen molar-refractivity contribution >= 4 is 27.5 Å². The van der Waals surface area contributed by atoms with Crippen molar-refractivity contribution in [3.8, 4) is 5.75 Å². The van der Waals surface area contributed by atoms with E-state index in [1.165, 1.54) is 6.07 Å². The molecule has 0 spiro atoms. The summed E-state index contributed by atoms with van der Waals surface area (Å²) in [7, 11) is 1.59. The topological polar surface area (TPSA) is 50.4 Å². The SMILES string of the molecule is COc1ccc(C(C)NCC(=O)Nc2ccc(F)c(F)c2)cc1Br. The van der Waals surface area contributed by atoms with E-state index in [-0.39, 0.29) is 24.2 Å². The van der Waals surface area contributed by atoms with Crippen LogP contribution in [0.3, 0.4) is 0 Å². The number of carbonyl (C=O) groups is 1. The second-order valence-corrected chi connectivity index (χ2v) is 6.03. The van der Waals surface area contributed by atoms with Crippen LogP contribution in [-0.2, 0) is 4.79 Å². The summed E-state index contributed by atoms with van der Waals surface area (Å²) in [6.07, 6.45) is 0. The van der Waals surface area contributed by atoms with Gasteiger partial charge in [-0.1, -0.05) is 6.07 Å². The molecule has 7 heteroatoms. The van der Waals surface area contributed by atoms with E-state index < -0.39 is 11.6 Å². The number of benzene rings is 2. The van der Waals surface area contributed by atoms with Crippen LogP contribution in [0.5, 0.6) is 5.75 Å². The van der Waals surface area contributed by atoms with Gasteiger partial charge in [0.25, 0.3) is 0 Å². The van der Waals surface area contributed by atoms with Crippen molar-refractivity contribution in [3.05, 3.63) is 58.1 Å². The Morgan fingerprint density at radius 3 is 2.58 bits per heavy atom. The number of rotatable bonds is 6. The van der Waals surface area contributed by atoms with Gasteiger partial charge in [-0.25, -0.2) is 8.78 Å². The molecule has 2 rings (SSSR count). The summed E-state index contributed by atoms with van der Waals surface area (Å²) < 4.78 is 32.0. The average molecular weight is 399 g/mol. The second kappa shape index (κ2) is 8.21. The van der Waals surface area contributed by atoms with Crippen LogP contribution >= 0.6 is 15.9 Å². The van der Waals surface area contributed by atoms with Crippen molar-refractivity contribution in [2.24, 2.45) is 0 Å². The number of hydrogen-bond donors (Lipinski definition) is 2. The summed E-state index contributed by atoms with van der Waals surface area (Å²) in [6.45, 7) is 1.95. The molecule has 0 aromatic heterocycles. The molecule has 128 valence electrons. The van der Waals surface area contributed by atoms with Crippen LogP contribution in [0.4, 0.5) is 14.5 Å². The zero-order valence-corrected chi connectivity index (χ0v) is 14.8.